The van der Waals surface area contributed by atoms with Crippen LogP contribution in [0.25, 0.3) is 0 Å². The molecule has 2 aliphatic heterocycles. The molecule has 0 aromatic heterocycles. The molecule has 4 atom stereocenters. The van der Waals surface area contributed by atoms with Gasteiger partial charge in [-0.15, -0.1) is 0 Å². The predicted molar refractivity (Wildman–Crippen MR) is 136 cm³/mol. The lowest BCUT2D eigenvalue weighted by molar-refractivity contribution is 0.0272. The molecule has 2 aliphatic rings. The molecule has 8 nitrogen and oxygen atoms in total. The number of hydrogen-bond acceptors (Lipinski definition) is 6. The standard InChI is InChI=1S/C26H41N5O3/c1-7-13-28-15-20(30-21(27)8-2)26(5)23(32)19(16-31(26)6)29-24(33)17-10-9-11-18-22(17)34-14-12-25(18,3)4/h7,9-11,13,19-20,23,28,32H,8,12,14-16H2,1-6H3,(H2,27,30)(H,29,33)/b13-7-/t19?,20?,23-,26?/m1/s1. The molecule has 1 amide bonds. The molecular weight excluding hydrogens is 430 g/mol. The van der Waals surface area contributed by atoms with Crippen LogP contribution in [0.3, 0.4) is 0 Å². The number of aliphatic imine (C=N–C) groups is 1. The number of amides is 1. The Balaban J connectivity index is 1.84. The molecule has 8 heteroatoms. The molecule has 3 rings (SSSR count). The number of allylic oxidation sites excluding steroid dienone is 1. The number of carbonyl (C=O) groups excluding carboxylic acids is 1. The highest BCUT2D eigenvalue weighted by molar-refractivity contribution is 5.97. The first kappa shape index (κ1) is 26.0. The molecular formula is C26H41N5O3. The fraction of sp³-hybridized carbons (Fsp3) is 0.615. The fourth-order valence-corrected chi connectivity index (χ4v) is 4.97. The Morgan fingerprint density at radius 2 is 2.15 bits per heavy atom. The van der Waals surface area contributed by atoms with Crippen LogP contribution in [0.4, 0.5) is 0 Å². The number of nitrogens with two attached hydrogens (primary N) is 1. The third kappa shape index (κ3) is 4.93. The van der Waals surface area contributed by atoms with Crippen molar-refractivity contribution in [1.29, 1.82) is 0 Å². The predicted octanol–water partition coefficient (Wildman–Crippen LogP) is 2.17. The van der Waals surface area contributed by atoms with Crippen molar-refractivity contribution >= 4 is 11.7 Å². The number of rotatable bonds is 8. The summed E-state index contributed by atoms with van der Waals surface area (Å²) in [6.45, 7) is 11.8. The lowest BCUT2D eigenvalue weighted by Crippen LogP contribution is -2.59. The van der Waals surface area contributed by atoms with Gasteiger partial charge >= 0.3 is 0 Å². The zero-order valence-corrected chi connectivity index (χ0v) is 21.4. The zero-order valence-electron chi connectivity index (χ0n) is 21.4. The lowest BCUT2D eigenvalue weighted by atomic mass is 9.79. The molecule has 0 radical (unpaired) electrons. The number of nitrogens with one attached hydrogen (secondary N) is 2. The quantitative estimate of drug-likeness (QED) is 0.342. The summed E-state index contributed by atoms with van der Waals surface area (Å²) < 4.78 is 5.93. The van der Waals surface area contributed by atoms with Crippen molar-refractivity contribution in [3.63, 3.8) is 0 Å². The molecule has 3 unspecified atom stereocenters. The van der Waals surface area contributed by atoms with Crippen molar-refractivity contribution < 1.29 is 14.6 Å². The molecule has 1 saturated heterocycles. The number of nitrogens with zero attached hydrogens (tertiary/aromatic N) is 2. The van der Waals surface area contributed by atoms with E-state index in [1.54, 1.807) is 6.07 Å². The summed E-state index contributed by atoms with van der Waals surface area (Å²) >= 11 is 0. The molecule has 1 aromatic rings. The molecule has 0 saturated carbocycles. The second-order valence-corrected chi connectivity index (χ2v) is 10.2. The van der Waals surface area contributed by atoms with Gasteiger partial charge in [0.1, 0.15) is 5.75 Å². The van der Waals surface area contributed by atoms with Crippen LogP contribution >= 0.6 is 0 Å². The minimum atomic E-state index is -0.843. The van der Waals surface area contributed by atoms with Gasteiger partial charge < -0.3 is 26.2 Å². The number of likely N-dealkylation sites (N-methyl/N-ethyl adjacent to an activating group) is 1. The third-order valence-electron chi connectivity index (χ3n) is 7.51. The number of para-hydroxylation sites is 1. The first-order valence-corrected chi connectivity index (χ1v) is 12.2. The summed E-state index contributed by atoms with van der Waals surface area (Å²) in [7, 11) is 1.95. The second-order valence-electron chi connectivity index (χ2n) is 10.2. The summed E-state index contributed by atoms with van der Waals surface area (Å²) in [4.78, 5) is 20.2. The summed E-state index contributed by atoms with van der Waals surface area (Å²) in [5.41, 5.74) is 6.87. The molecule has 1 fully saturated rings. The summed E-state index contributed by atoms with van der Waals surface area (Å²) in [6, 6.07) is 4.95. The van der Waals surface area contributed by atoms with Crippen LogP contribution in [-0.4, -0.2) is 72.2 Å². The Morgan fingerprint density at radius 3 is 2.82 bits per heavy atom. The summed E-state index contributed by atoms with van der Waals surface area (Å²) in [5, 5.41) is 17.8. The first-order chi connectivity index (χ1) is 16.1. The van der Waals surface area contributed by atoms with Crippen molar-refractivity contribution in [1.82, 2.24) is 15.5 Å². The average Bonchev–Trinajstić information content (AvgIpc) is 3.01. The zero-order chi connectivity index (χ0) is 25.1. The fourth-order valence-electron chi connectivity index (χ4n) is 4.97. The van der Waals surface area contributed by atoms with E-state index in [2.05, 4.69) is 29.4 Å². The van der Waals surface area contributed by atoms with Crippen molar-refractivity contribution in [2.75, 3.05) is 26.7 Å². The Kier molecular flexibility index (Phi) is 7.93. The van der Waals surface area contributed by atoms with Gasteiger partial charge in [0.15, 0.2) is 0 Å². The van der Waals surface area contributed by atoms with Gasteiger partial charge in [0.05, 0.1) is 41.7 Å². The molecule has 0 bridgehead atoms. The number of likely N-dealkylation sites (tertiary alicyclic amines) is 1. The largest absolute Gasteiger partial charge is 0.492 e. The Hall–Kier alpha value is -2.58. The average molecular weight is 472 g/mol. The number of aliphatic hydroxyl groups excluding tert-OH is 1. The highest BCUT2D eigenvalue weighted by atomic mass is 16.5. The number of benzene rings is 1. The van der Waals surface area contributed by atoms with Crippen LogP contribution in [-0.2, 0) is 5.41 Å². The van der Waals surface area contributed by atoms with Crippen molar-refractivity contribution in [2.45, 2.75) is 76.6 Å². The number of carbonyl (C=O) groups is 1. The van der Waals surface area contributed by atoms with E-state index < -0.39 is 17.7 Å². The van der Waals surface area contributed by atoms with Crippen LogP contribution in [0.15, 0.2) is 35.5 Å². The number of amidine groups is 1. The van der Waals surface area contributed by atoms with Crippen LogP contribution in [0.5, 0.6) is 5.75 Å². The van der Waals surface area contributed by atoms with E-state index in [0.29, 0.717) is 43.3 Å². The molecule has 0 spiro atoms. The molecule has 2 heterocycles. The summed E-state index contributed by atoms with van der Waals surface area (Å²) in [5.74, 6) is 0.947. The molecule has 34 heavy (non-hydrogen) atoms. The van der Waals surface area contributed by atoms with Crippen LogP contribution in [0, 0.1) is 0 Å². The van der Waals surface area contributed by atoms with Crippen molar-refractivity contribution in [2.24, 2.45) is 10.7 Å². The van der Waals surface area contributed by atoms with Gasteiger partial charge in [-0.1, -0.05) is 39.0 Å². The van der Waals surface area contributed by atoms with E-state index in [9.17, 15) is 9.90 Å². The molecule has 5 N–H and O–H groups in total. The number of ether oxygens (including phenoxy) is 1. The topological polar surface area (TPSA) is 112 Å². The molecule has 188 valence electrons. The highest BCUT2D eigenvalue weighted by Gasteiger charge is 2.53. The SMILES string of the molecule is C/C=C\NCC(N=C(N)CC)C1(C)[C@H](O)C(NC(=O)c2cccc3c2OCCC3(C)C)CN1C. The monoisotopic (exact) mass is 471 g/mol. The van der Waals surface area contributed by atoms with Gasteiger partial charge in [-0.25, -0.2) is 0 Å². The van der Waals surface area contributed by atoms with E-state index in [1.165, 1.54) is 0 Å². The van der Waals surface area contributed by atoms with Crippen LogP contribution in [0.1, 0.15) is 63.4 Å². The van der Waals surface area contributed by atoms with Crippen LogP contribution < -0.4 is 21.1 Å². The highest BCUT2D eigenvalue weighted by Crippen LogP contribution is 2.40. The van der Waals surface area contributed by atoms with Gasteiger partial charge in [-0.05, 0) is 45.0 Å². The third-order valence-corrected chi connectivity index (χ3v) is 7.51. The van der Waals surface area contributed by atoms with E-state index in [0.717, 1.165) is 12.0 Å². The van der Waals surface area contributed by atoms with E-state index in [1.807, 2.05) is 52.2 Å². The van der Waals surface area contributed by atoms with Gasteiger partial charge in [-0.2, -0.15) is 0 Å². The number of fused-ring (bicyclic) bond motifs is 1. The summed E-state index contributed by atoms with van der Waals surface area (Å²) in [6.07, 6.45) is 4.46. The maximum atomic E-state index is 13.4. The number of hydrogen-bond donors (Lipinski definition) is 4. The Labute approximate surface area is 203 Å². The van der Waals surface area contributed by atoms with E-state index >= 15 is 0 Å². The minimum Gasteiger partial charge on any atom is -0.492 e. The minimum absolute atomic E-state index is 0.0556. The van der Waals surface area contributed by atoms with E-state index in [4.69, 9.17) is 15.5 Å². The first-order valence-electron chi connectivity index (χ1n) is 12.2. The van der Waals surface area contributed by atoms with Gasteiger partial charge in [0.25, 0.3) is 5.91 Å². The smallest absolute Gasteiger partial charge is 0.255 e. The normalized spacial score (nSPS) is 27.8. The molecule has 0 aliphatic carbocycles. The Morgan fingerprint density at radius 1 is 1.41 bits per heavy atom. The van der Waals surface area contributed by atoms with Crippen molar-refractivity contribution in [3.8, 4) is 5.75 Å². The van der Waals surface area contributed by atoms with Gasteiger partial charge in [0, 0.05) is 25.1 Å². The van der Waals surface area contributed by atoms with Crippen LogP contribution in [0.2, 0.25) is 0 Å². The van der Waals surface area contributed by atoms with Crippen molar-refractivity contribution in [3.05, 3.63) is 41.6 Å². The van der Waals surface area contributed by atoms with Gasteiger partial charge in [-0.3, -0.25) is 14.7 Å². The van der Waals surface area contributed by atoms with Gasteiger partial charge in [0.2, 0.25) is 0 Å². The molecule has 1 aromatic carbocycles. The lowest BCUT2D eigenvalue weighted by Gasteiger charge is -2.40. The van der Waals surface area contributed by atoms with E-state index in [-0.39, 0.29) is 17.4 Å². The maximum absolute atomic E-state index is 13.4. The maximum Gasteiger partial charge on any atom is 0.255 e. The Bertz CT molecular complexity index is 944. The number of aliphatic hydroxyl groups is 1. The second kappa shape index (κ2) is 10.4.